The van der Waals surface area contributed by atoms with Crippen LogP contribution in [0.5, 0.6) is 0 Å². The SMILES string of the molecule is CCc1ccc2c(c1)CN(C=O)C2. The summed E-state index contributed by atoms with van der Waals surface area (Å²) in [6.07, 6.45) is 1.99. The van der Waals surface area contributed by atoms with Gasteiger partial charge in [0.2, 0.25) is 6.41 Å². The molecule has 1 aromatic carbocycles. The van der Waals surface area contributed by atoms with Crippen LogP contribution in [0.4, 0.5) is 0 Å². The summed E-state index contributed by atoms with van der Waals surface area (Å²) in [5.41, 5.74) is 3.96. The minimum atomic E-state index is 0.781. The van der Waals surface area contributed by atoms with E-state index in [1.165, 1.54) is 16.7 Å². The van der Waals surface area contributed by atoms with E-state index in [0.717, 1.165) is 25.9 Å². The van der Waals surface area contributed by atoms with Crippen LogP contribution in [0.1, 0.15) is 23.6 Å². The fourth-order valence-electron chi connectivity index (χ4n) is 1.77. The minimum Gasteiger partial charge on any atom is -0.337 e. The lowest BCUT2D eigenvalue weighted by Crippen LogP contribution is -2.12. The molecular weight excluding hydrogens is 162 g/mol. The number of nitrogens with zero attached hydrogens (tertiary/aromatic N) is 1. The largest absolute Gasteiger partial charge is 0.337 e. The van der Waals surface area contributed by atoms with E-state index >= 15 is 0 Å². The summed E-state index contributed by atoms with van der Waals surface area (Å²) >= 11 is 0. The van der Waals surface area contributed by atoms with Crippen molar-refractivity contribution in [3.8, 4) is 0 Å². The van der Waals surface area contributed by atoms with Crippen molar-refractivity contribution in [2.45, 2.75) is 26.4 Å². The van der Waals surface area contributed by atoms with Crippen LogP contribution in [0.15, 0.2) is 18.2 Å². The Morgan fingerprint density at radius 2 is 2.15 bits per heavy atom. The van der Waals surface area contributed by atoms with Crippen molar-refractivity contribution in [2.24, 2.45) is 0 Å². The summed E-state index contributed by atoms with van der Waals surface area (Å²) in [4.78, 5) is 12.4. The number of fused-ring (bicyclic) bond motifs is 1. The Kier molecular flexibility index (Phi) is 2.05. The van der Waals surface area contributed by atoms with Gasteiger partial charge < -0.3 is 4.90 Å². The summed E-state index contributed by atoms with van der Waals surface area (Å²) in [7, 11) is 0. The van der Waals surface area contributed by atoms with Crippen molar-refractivity contribution in [2.75, 3.05) is 0 Å². The van der Waals surface area contributed by atoms with Crippen molar-refractivity contribution in [3.05, 3.63) is 34.9 Å². The fourth-order valence-corrected chi connectivity index (χ4v) is 1.77. The number of hydrogen-bond acceptors (Lipinski definition) is 1. The maximum absolute atomic E-state index is 10.6. The average Bonchev–Trinajstić information content (AvgIpc) is 2.58. The van der Waals surface area contributed by atoms with Gasteiger partial charge in [-0.15, -0.1) is 0 Å². The van der Waals surface area contributed by atoms with Gasteiger partial charge in [0.15, 0.2) is 0 Å². The van der Waals surface area contributed by atoms with Gasteiger partial charge in [0.1, 0.15) is 0 Å². The number of rotatable bonds is 2. The summed E-state index contributed by atoms with van der Waals surface area (Å²) in [5, 5.41) is 0. The molecule has 1 amide bonds. The molecule has 1 aliphatic heterocycles. The number of carbonyl (C=O) groups excluding carboxylic acids is 1. The molecule has 0 saturated heterocycles. The van der Waals surface area contributed by atoms with E-state index < -0.39 is 0 Å². The Labute approximate surface area is 78.2 Å². The van der Waals surface area contributed by atoms with Gasteiger partial charge in [-0.2, -0.15) is 0 Å². The monoisotopic (exact) mass is 175 g/mol. The van der Waals surface area contributed by atoms with E-state index in [1.807, 2.05) is 0 Å². The van der Waals surface area contributed by atoms with E-state index in [-0.39, 0.29) is 0 Å². The summed E-state index contributed by atoms with van der Waals surface area (Å²) in [6, 6.07) is 6.49. The Bertz CT molecular complexity index is 333. The molecule has 0 spiro atoms. The first-order valence-corrected chi connectivity index (χ1v) is 4.63. The molecule has 0 aromatic heterocycles. The highest BCUT2D eigenvalue weighted by Gasteiger charge is 2.16. The molecule has 0 radical (unpaired) electrons. The maximum atomic E-state index is 10.6. The second kappa shape index (κ2) is 3.21. The normalized spacial score (nSPS) is 14.4. The van der Waals surface area contributed by atoms with Gasteiger partial charge in [-0.05, 0) is 23.1 Å². The van der Waals surface area contributed by atoms with Crippen molar-refractivity contribution < 1.29 is 4.79 Å². The third-order valence-corrected chi connectivity index (χ3v) is 2.57. The van der Waals surface area contributed by atoms with Crippen molar-refractivity contribution in [1.29, 1.82) is 0 Å². The van der Waals surface area contributed by atoms with Crippen LogP contribution in [0.3, 0.4) is 0 Å². The maximum Gasteiger partial charge on any atom is 0.210 e. The summed E-state index contributed by atoms with van der Waals surface area (Å²) < 4.78 is 0. The zero-order valence-electron chi connectivity index (χ0n) is 7.79. The Morgan fingerprint density at radius 3 is 2.85 bits per heavy atom. The van der Waals surface area contributed by atoms with Crippen LogP contribution in [0.25, 0.3) is 0 Å². The molecule has 13 heavy (non-hydrogen) atoms. The Morgan fingerprint density at radius 1 is 1.38 bits per heavy atom. The van der Waals surface area contributed by atoms with E-state index in [9.17, 15) is 4.79 Å². The smallest absolute Gasteiger partial charge is 0.210 e. The van der Waals surface area contributed by atoms with Gasteiger partial charge in [-0.3, -0.25) is 4.79 Å². The molecule has 1 aliphatic rings. The van der Waals surface area contributed by atoms with Gasteiger partial charge in [-0.25, -0.2) is 0 Å². The standard InChI is InChI=1S/C11H13NO/c1-2-9-3-4-10-6-12(8-13)7-11(10)5-9/h3-5,8H,2,6-7H2,1H3. The third kappa shape index (κ3) is 1.44. The first-order valence-electron chi connectivity index (χ1n) is 4.63. The Balaban J connectivity index is 2.30. The molecule has 1 aromatic rings. The number of benzene rings is 1. The lowest BCUT2D eigenvalue weighted by molar-refractivity contribution is -0.118. The van der Waals surface area contributed by atoms with E-state index in [0.29, 0.717) is 0 Å². The van der Waals surface area contributed by atoms with Crippen LogP contribution in [0, 0.1) is 0 Å². The molecule has 0 fully saturated rings. The molecule has 2 rings (SSSR count). The number of amides is 1. The molecule has 2 heteroatoms. The molecule has 0 aliphatic carbocycles. The zero-order valence-corrected chi connectivity index (χ0v) is 7.79. The lowest BCUT2D eigenvalue weighted by Gasteiger charge is -2.04. The van der Waals surface area contributed by atoms with Crippen molar-refractivity contribution in [1.82, 2.24) is 4.90 Å². The van der Waals surface area contributed by atoms with Crippen LogP contribution < -0.4 is 0 Å². The molecule has 68 valence electrons. The minimum absolute atomic E-state index is 0.781. The molecular formula is C11H13NO. The first-order chi connectivity index (χ1) is 6.33. The van der Waals surface area contributed by atoms with Gasteiger partial charge in [0.05, 0.1) is 0 Å². The highest BCUT2D eigenvalue weighted by Crippen LogP contribution is 2.22. The van der Waals surface area contributed by atoms with E-state index in [1.54, 1.807) is 4.90 Å². The van der Waals surface area contributed by atoms with E-state index in [2.05, 4.69) is 25.1 Å². The molecule has 0 N–H and O–H groups in total. The highest BCUT2D eigenvalue weighted by molar-refractivity contribution is 5.51. The second-order valence-electron chi connectivity index (χ2n) is 3.47. The summed E-state index contributed by atoms with van der Waals surface area (Å²) in [6.45, 7) is 3.71. The van der Waals surface area contributed by atoms with Crippen LogP contribution in [0.2, 0.25) is 0 Å². The van der Waals surface area contributed by atoms with Crippen LogP contribution in [-0.4, -0.2) is 11.3 Å². The zero-order chi connectivity index (χ0) is 9.26. The number of carbonyl (C=O) groups is 1. The predicted molar refractivity (Wildman–Crippen MR) is 51.1 cm³/mol. The quantitative estimate of drug-likeness (QED) is 0.627. The number of hydrogen-bond donors (Lipinski definition) is 0. The van der Waals surface area contributed by atoms with Crippen molar-refractivity contribution in [3.63, 3.8) is 0 Å². The van der Waals surface area contributed by atoms with Gasteiger partial charge in [0.25, 0.3) is 0 Å². The van der Waals surface area contributed by atoms with Crippen LogP contribution >= 0.6 is 0 Å². The highest BCUT2D eigenvalue weighted by atomic mass is 16.1. The number of aryl methyl sites for hydroxylation is 1. The van der Waals surface area contributed by atoms with Crippen LogP contribution in [-0.2, 0) is 24.3 Å². The molecule has 1 heterocycles. The van der Waals surface area contributed by atoms with E-state index in [4.69, 9.17) is 0 Å². The van der Waals surface area contributed by atoms with Gasteiger partial charge in [-0.1, -0.05) is 25.1 Å². The second-order valence-corrected chi connectivity index (χ2v) is 3.47. The average molecular weight is 175 g/mol. The van der Waals surface area contributed by atoms with Gasteiger partial charge >= 0.3 is 0 Å². The summed E-state index contributed by atoms with van der Waals surface area (Å²) in [5.74, 6) is 0. The molecule has 0 saturated carbocycles. The Hall–Kier alpha value is -1.31. The lowest BCUT2D eigenvalue weighted by atomic mass is 10.1. The molecule has 0 atom stereocenters. The fraction of sp³-hybridized carbons (Fsp3) is 0.364. The first kappa shape index (κ1) is 8.30. The predicted octanol–water partition coefficient (Wildman–Crippen LogP) is 1.72. The topological polar surface area (TPSA) is 20.3 Å². The molecule has 2 nitrogen and oxygen atoms in total. The molecule has 0 unspecified atom stereocenters. The van der Waals surface area contributed by atoms with Gasteiger partial charge in [0, 0.05) is 13.1 Å². The third-order valence-electron chi connectivity index (χ3n) is 2.57. The molecule has 0 bridgehead atoms. The van der Waals surface area contributed by atoms with Crippen molar-refractivity contribution >= 4 is 6.41 Å².